The number of alkyl halides is 6. The first kappa shape index (κ1) is 38.1. The summed E-state index contributed by atoms with van der Waals surface area (Å²) >= 11 is 0. The molecule has 2 aliphatic carbocycles. The zero-order valence-corrected chi connectivity index (χ0v) is 30.8. The maximum Gasteiger partial charge on any atom is 0.416 e. The Morgan fingerprint density at radius 3 is 2.13 bits per heavy atom. The van der Waals surface area contributed by atoms with Crippen molar-refractivity contribution in [2.24, 2.45) is 5.41 Å². The van der Waals surface area contributed by atoms with E-state index in [-0.39, 0.29) is 49.2 Å². The number of pyridine rings is 1. The van der Waals surface area contributed by atoms with Crippen LogP contribution in [-0.4, -0.2) is 41.1 Å². The van der Waals surface area contributed by atoms with E-state index in [1.807, 2.05) is 24.3 Å². The summed E-state index contributed by atoms with van der Waals surface area (Å²) in [5.74, 6) is -2.11. The number of aromatic nitrogens is 3. The number of piperidine rings is 1. The van der Waals surface area contributed by atoms with Crippen LogP contribution in [0.15, 0.2) is 67.0 Å². The smallest absolute Gasteiger partial charge is 0.416 e. The number of methoxy groups -OCH3 is 1. The van der Waals surface area contributed by atoms with Crippen LogP contribution in [-0.2, 0) is 23.9 Å². The fourth-order valence-electron chi connectivity index (χ4n) is 8.55. The molecule has 12 heteroatoms. The van der Waals surface area contributed by atoms with Crippen LogP contribution in [0.5, 0.6) is 5.75 Å². The number of rotatable bonds is 9. The predicted molar refractivity (Wildman–Crippen MR) is 194 cm³/mol. The van der Waals surface area contributed by atoms with E-state index in [0.29, 0.717) is 67.3 Å². The van der Waals surface area contributed by atoms with Crippen LogP contribution < -0.4 is 9.64 Å². The van der Waals surface area contributed by atoms with Gasteiger partial charge < -0.3 is 14.4 Å². The molecule has 2 aromatic heterocycles. The summed E-state index contributed by atoms with van der Waals surface area (Å²) in [7, 11) is 1.60. The van der Waals surface area contributed by atoms with Crippen LogP contribution in [0.4, 0.5) is 32.3 Å². The summed E-state index contributed by atoms with van der Waals surface area (Å²) in [4.78, 5) is 16.2. The summed E-state index contributed by atoms with van der Waals surface area (Å²) in [6, 6.07) is 13.5. The second-order valence-electron chi connectivity index (χ2n) is 15.8. The second-order valence-corrected chi connectivity index (χ2v) is 15.8. The van der Waals surface area contributed by atoms with Gasteiger partial charge in [0.25, 0.3) is 0 Å². The quantitative estimate of drug-likeness (QED) is 0.159. The Hall–Kier alpha value is -4.19. The first-order chi connectivity index (χ1) is 25.7. The van der Waals surface area contributed by atoms with Gasteiger partial charge in [-0.15, -0.1) is 0 Å². The summed E-state index contributed by atoms with van der Waals surface area (Å²) < 4.78 is 100.0. The Balaban J connectivity index is 1.37. The molecule has 1 saturated heterocycles. The third kappa shape index (κ3) is 8.23. The topological polar surface area (TPSA) is 60.4 Å². The molecule has 2 aromatic carbocycles. The third-order valence-corrected chi connectivity index (χ3v) is 11.4. The van der Waals surface area contributed by atoms with Gasteiger partial charge in [-0.05, 0) is 96.9 Å². The molecule has 2 fully saturated rings. The molecule has 0 spiro atoms. The highest BCUT2D eigenvalue weighted by Gasteiger charge is 2.44. The number of anilines is 1. The van der Waals surface area contributed by atoms with E-state index in [2.05, 4.69) is 28.7 Å². The maximum absolute atomic E-state index is 17.6. The number of benzene rings is 2. The van der Waals surface area contributed by atoms with Crippen molar-refractivity contribution in [1.82, 2.24) is 15.0 Å². The highest BCUT2D eigenvalue weighted by Crippen LogP contribution is 2.53. The molecule has 6 nitrogen and oxygen atoms in total. The molecular weight excluding hydrogens is 706 g/mol. The van der Waals surface area contributed by atoms with Crippen molar-refractivity contribution in [1.29, 1.82) is 0 Å². The van der Waals surface area contributed by atoms with Gasteiger partial charge in [-0.1, -0.05) is 38.1 Å². The molecule has 0 amide bonds. The van der Waals surface area contributed by atoms with Gasteiger partial charge >= 0.3 is 6.18 Å². The largest absolute Gasteiger partial charge is 0.497 e. The number of hydrogen-bond donors (Lipinski definition) is 0. The molecule has 2 atom stereocenters. The fourth-order valence-corrected chi connectivity index (χ4v) is 8.55. The molecule has 0 bridgehead atoms. The van der Waals surface area contributed by atoms with Crippen molar-refractivity contribution in [3.63, 3.8) is 0 Å². The number of fused-ring (bicyclic) bond motifs is 1. The zero-order chi connectivity index (χ0) is 38.3. The Labute approximate surface area is 312 Å². The molecule has 1 saturated carbocycles. The van der Waals surface area contributed by atoms with E-state index in [0.717, 1.165) is 29.0 Å². The second kappa shape index (κ2) is 15.2. The Morgan fingerprint density at radius 2 is 1.52 bits per heavy atom. The van der Waals surface area contributed by atoms with Crippen LogP contribution in [0.2, 0.25) is 0 Å². The van der Waals surface area contributed by atoms with Gasteiger partial charge in [-0.25, -0.2) is 23.1 Å². The molecule has 1 unspecified atom stereocenters. The van der Waals surface area contributed by atoms with Crippen molar-refractivity contribution in [3.05, 3.63) is 112 Å². The average molecular weight is 753 g/mol. The van der Waals surface area contributed by atoms with E-state index >= 15 is 4.39 Å². The third-order valence-electron chi connectivity index (χ3n) is 11.4. The molecule has 0 radical (unpaired) electrons. The molecule has 0 N–H and O–H groups in total. The van der Waals surface area contributed by atoms with Crippen LogP contribution in [0, 0.1) is 5.41 Å². The number of hydrogen-bond acceptors (Lipinski definition) is 6. The standard InChI is InChI=1S/C42H46F6N4O2/c1-40(2)23-32-35(33(24-40)54-25-26-5-11-31(53-3)12-6-26)34(27-13-17-41(44,45)18-14-27)36(37(43)28-7-9-30(10-8-28)42(46,47)48)38(51-32)29-15-21-52(22-16-29)39-49-19-4-20-50-39/h4-12,19-20,27,29,33,37H,13-18,21-25H2,1-3H3/t33-,37?/m0/s1. The van der Waals surface area contributed by atoms with Gasteiger partial charge in [0.2, 0.25) is 11.9 Å². The van der Waals surface area contributed by atoms with E-state index in [4.69, 9.17) is 14.5 Å². The summed E-state index contributed by atoms with van der Waals surface area (Å²) in [6.45, 7) is 5.73. The number of nitrogens with zero attached hydrogens (tertiary/aromatic N) is 4. The highest BCUT2D eigenvalue weighted by molar-refractivity contribution is 5.51. The lowest BCUT2D eigenvalue weighted by molar-refractivity contribution is -0.137. The van der Waals surface area contributed by atoms with E-state index in [1.54, 1.807) is 25.6 Å². The lowest BCUT2D eigenvalue weighted by Crippen LogP contribution is -2.36. The fraction of sp³-hybridized carbons (Fsp3) is 0.500. The van der Waals surface area contributed by atoms with E-state index in [9.17, 15) is 22.0 Å². The van der Waals surface area contributed by atoms with Gasteiger partial charge in [-0.3, -0.25) is 4.98 Å². The molecule has 54 heavy (non-hydrogen) atoms. The molecule has 3 heterocycles. The monoisotopic (exact) mass is 752 g/mol. The van der Waals surface area contributed by atoms with Gasteiger partial charge in [0.1, 0.15) is 5.75 Å². The molecule has 1 aliphatic heterocycles. The summed E-state index contributed by atoms with van der Waals surface area (Å²) in [5, 5.41) is 0. The lowest BCUT2D eigenvalue weighted by Gasteiger charge is -2.42. The highest BCUT2D eigenvalue weighted by atomic mass is 19.4. The van der Waals surface area contributed by atoms with Crippen LogP contribution in [0.25, 0.3) is 0 Å². The number of halogens is 6. The zero-order valence-electron chi connectivity index (χ0n) is 30.8. The normalized spacial score (nSPS) is 21.1. The average Bonchev–Trinajstić information content (AvgIpc) is 3.16. The van der Waals surface area contributed by atoms with Crippen LogP contribution in [0.3, 0.4) is 0 Å². The van der Waals surface area contributed by atoms with Crippen LogP contribution >= 0.6 is 0 Å². The molecule has 288 valence electrons. The predicted octanol–water partition coefficient (Wildman–Crippen LogP) is 10.9. The van der Waals surface area contributed by atoms with Crippen molar-refractivity contribution < 1.29 is 35.8 Å². The van der Waals surface area contributed by atoms with Gasteiger partial charge in [-0.2, -0.15) is 13.2 Å². The molecule has 7 rings (SSSR count). The van der Waals surface area contributed by atoms with Crippen molar-refractivity contribution in [2.45, 2.75) is 108 Å². The van der Waals surface area contributed by atoms with E-state index in [1.165, 1.54) is 12.1 Å². The first-order valence-corrected chi connectivity index (χ1v) is 18.7. The SMILES string of the molecule is COc1ccc(CO[C@H]2CC(C)(C)Cc3nc(C4CCN(c5ncccn5)CC4)c(C(F)c4ccc(C(F)(F)F)cc4)c(C4CCC(F)(F)CC4)c32)cc1. The summed E-state index contributed by atoms with van der Waals surface area (Å²) in [6.07, 6.45) is -1.54. The minimum absolute atomic E-state index is 0.0651. The molecule has 3 aliphatic rings. The van der Waals surface area contributed by atoms with Gasteiger partial charge in [0.05, 0.1) is 31.1 Å². The lowest BCUT2D eigenvalue weighted by atomic mass is 9.68. The molecule has 4 aromatic rings. The van der Waals surface area contributed by atoms with Crippen molar-refractivity contribution >= 4 is 5.95 Å². The Morgan fingerprint density at radius 1 is 0.870 bits per heavy atom. The minimum atomic E-state index is -4.58. The van der Waals surface area contributed by atoms with Gasteiger partial charge in [0.15, 0.2) is 6.17 Å². The Bertz CT molecular complexity index is 1890. The minimum Gasteiger partial charge on any atom is -0.497 e. The number of ether oxygens (including phenoxy) is 2. The van der Waals surface area contributed by atoms with Gasteiger partial charge in [0, 0.05) is 61.1 Å². The molecular formula is C42H46F6N4O2. The first-order valence-electron chi connectivity index (χ1n) is 18.7. The van der Waals surface area contributed by atoms with Crippen LogP contribution in [0.1, 0.15) is 128 Å². The van der Waals surface area contributed by atoms with Crippen molar-refractivity contribution in [3.8, 4) is 5.75 Å². The van der Waals surface area contributed by atoms with E-state index < -0.39 is 35.9 Å². The Kier molecular flexibility index (Phi) is 10.7. The summed E-state index contributed by atoms with van der Waals surface area (Å²) in [5.41, 5.74) is 2.92. The maximum atomic E-state index is 17.6. The van der Waals surface area contributed by atoms with Crippen molar-refractivity contribution in [2.75, 3.05) is 25.1 Å².